The number of benzene rings is 2. The summed E-state index contributed by atoms with van der Waals surface area (Å²) < 4.78 is 13.5. The van der Waals surface area contributed by atoms with E-state index in [4.69, 9.17) is 14.3 Å². The molecule has 0 aliphatic carbocycles. The van der Waals surface area contributed by atoms with Gasteiger partial charge in [0.15, 0.2) is 0 Å². The molecule has 33 heavy (non-hydrogen) atoms. The highest BCUT2D eigenvalue weighted by atomic mass is 16.5. The number of para-hydroxylation sites is 1. The summed E-state index contributed by atoms with van der Waals surface area (Å²) in [6.07, 6.45) is 1.61. The van der Waals surface area contributed by atoms with Gasteiger partial charge in [0.1, 0.15) is 17.2 Å². The minimum atomic E-state index is -0.185. The van der Waals surface area contributed by atoms with Gasteiger partial charge in [0.2, 0.25) is 5.88 Å². The van der Waals surface area contributed by atoms with Crippen molar-refractivity contribution in [2.75, 3.05) is 0 Å². The Balaban J connectivity index is 1.75. The number of urea groups is 1. The van der Waals surface area contributed by atoms with Crippen LogP contribution in [0.2, 0.25) is 0 Å². The highest BCUT2D eigenvalue weighted by molar-refractivity contribution is 5.75. The van der Waals surface area contributed by atoms with Crippen molar-refractivity contribution in [1.82, 2.24) is 20.0 Å². The van der Waals surface area contributed by atoms with Gasteiger partial charge < -0.3 is 19.4 Å². The Morgan fingerprint density at radius 2 is 1.73 bits per heavy atom. The van der Waals surface area contributed by atoms with Gasteiger partial charge in [-0.3, -0.25) is 0 Å². The second-order valence-electron chi connectivity index (χ2n) is 8.08. The number of rotatable bonds is 8. The van der Waals surface area contributed by atoms with E-state index in [1.54, 1.807) is 15.8 Å². The number of hydrogen-bond donors (Lipinski definition) is 1. The van der Waals surface area contributed by atoms with E-state index in [-0.39, 0.29) is 12.1 Å². The first-order valence-electron chi connectivity index (χ1n) is 10.9. The van der Waals surface area contributed by atoms with E-state index >= 15 is 0 Å². The molecule has 7 nitrogen and oxygen atoms in total. The predicted octanol–water partition coefficient (Wildman–Crippen LogP) is 5.59. The van der Waals surface area contributed by atoms with Crippen molar-refractivity contribution in [1.29, 1.82) is 0 Å². The lowest BCUT2D eigenvalue weighted by Gasteiger charge is -2.24. The van der Waals surface area contributed by atoms with Crippen LogP contribution in [0.25, 0.3) is 11.3 Å². The number of nitrogens with zero attached hydrogens (tertiary/aromatic N) is 3. The molecule has 0 aliphatic heterocycles. The second-order valence-corrected chi connectivity index (χ2v) is 8.08. The molecule has 0 bridgehead atoms. The van der Waals surface area contributed by atoms with Gasteiger partial charge in [-0.15, -0.1) is 0 Å². The number of amides is 2. The minimum absolute atomic E-state index is 0.000803. The molecule has 0 fully saturated rings. The van der Waals surface area contributed by atoms with E-state index in [9.17, 15) is 4.79 Å². The molecule has 0 unspecified atom stereocenters. The molecule has 0 radical (unpaired) electrons. The molecule has 0 aliphatic rings. The number of aromatic nitrogens is 2. The fourth-order valence-corrected chi connectivity index (χ4v) is 3.57. The summed E-state index contributed by atoms with van der Waals surface area (Å²) in [5, 5.41) is 7.75. The summed E-state index contributed by atoms with van der Waals surface area (Å²) in [5.41, 5.74) is 2.54. The van der Waals surface area contributed by atoms with Crippen LogP contribution < -0.4 is 10.1 Å². The van der Waals surface area contributed by atoms with Crippen molar-refractivity contribution >= 4 is 6.03 Å². The summed E-state index contributed by atoms with van der Waals surface area (Å²) in [5.74, 6) is 1.98. The summed E-state index contributed by atoms with van der Waals surface area (Å²) in [6.45, 7) is 4.48. The van der Waals surface area contributed by atoms with Gasteiger partial charge in [-0.05, 0) is 38.1 Å². The molecule has 2 aromatic heterocycles. The zero-order chi connectivity index (χ0) is 23.2. The van der Waals surface area contributed by atoms with E-state index in [0.29, 0.717) is 30.5 Å². The number of ether oxygens (including phenoxy) is 1. The third kappa shape index (κ3) is 5.44. The number of carbonyl (C=O) groups excluding carboxylic acids is 1. The van der Waals surface area contributed by atoms with Crippen molar-refractivity contribution in [3.05, 3.63) is 90.4 Å². The van der Waals surface area contributed by atoms with Crippen LogP contribution >= 0.6 is 0 Å². The third-order valence-corrected chi connectivity index (χ3v) is 5.07. The smallest absolute Gasteiger partial charge is 0.318 e. The van der Waals surface area contributed by atoms with Crippen LogP contribution in [0.4, 0.5) is 4.79 Å². The molecule has 0 saturated carbocycles. The SMILES string of the molecule is CC(C)NC(=O)N(Cc1ccco1)Cc1c(-c2ccccc2)nn(C)c1Oc1ccccc1. The molecule has 1 N–H and O–H groups in total. The Morgan fingerprint density at radius 3 is 2.36 bits per heavy atom. The number of nitrogens with one attached hydrogen (secondary N) is 1. The first kappa shape index (κ1) is 22.2. The van der Waals surface area contributed by atoms with Crippen LogP contribution in [-0.2, 0) is 20.1 Å². The summed E-state index contributed by atoms with van der Waals surface area (Å²) >= 11 is 0. The van der Waals surface area contributed by atoms with Crippen LogP contribution in [0.1, 0.15) is 25.2 Å². The lowest BCUT2D eigenvalue weighted by Crippen LogP contribution is -2.42. The van der Waals surface area contributed by atoms with E-state index in [1.165, 1.54) is 0 Å². The fraction of sp³-hybridized carbons (Fsp3) is 0.231. The Labute approximate surface area is 193 Å². The van der Waals surface area contributed by atoms with Gasteiger partial charge in [0.25, 0.3) is 0 Å². The van der Waals surface area contributed by atoms with Gasteiger partial charge >= 0.3 is 6.03 Å². The van der Waals surface area contributed by atoms with E-state index < -0.39 is 0 Å². The minimum Gasteiger partial charge on any atom is -0.467 e. The van der Waals surface area contributed by atoms with Gasteiger partial charge in [0.05, 0.1) is 24.9 Å². The zero-order valence-electron chi connectivity index (χ0n) is 19.1. The molecule has 170 valence electrons. The van der Waals surface area contributed by atoms with Crippen molar-refractivity contribution < 1.29 is 13.9 Å². The van der Waals surface area contributed by atoms with Crippen LogP contribution in [-0.4, -0.2) is 26.8 Å². The summed E-state index contributed by atoms with van der Waals surface area (Å²) in [4.78, 5) is 14.8. The Morgan fingerprint density at radius 1 is 1.03 bits per heavy atom. The standard InChI is InChI=1S/C26H28N4O3/c1-19(2)27-26(31)30(17-22-15-10-16-32-22)18-23-24(20-11-6-4-7-12-20)28-29(3)25(23)33-21-13-8-5-9-14-21/h4-16,19H,17-18H2,1-3H3,(H,27,31). The Hall–Kier alpha value is -4.00. The lowest BCUT2D eigenvalue weighted by molar-refractivity contribution is 0.184. The average Bonchev–Trinajstić information content (AvgIpc) is 3.43. The summed E-state index contributed by atoms with van der Waals surface area (Å²) in [7, 11) is 1.85. The van der Waals surface area contributed by atoms with Gasteiger partial charge in [-0.2, -0.15) is 5.10 Å². The van der Waals surface area contributed by atoms with Gasteiger partial charge in [0, 0.05) is 18.7 Å². The first-order chi connectivity index (χ1) is 16.0. The fourth-order valence-electron chi connectivity index (χ4n) is 3.57. The zero-order valence-corrected chi connectivity index (χ0v) is 19.1. The molecule has 2 aromatic carbocycles. The normalized spacial score (nSPS) is 10.9. The highest BCUT2D eigenvalue weighted by Gasteiger charge is 2.25. The largest absolute Gasteiger partial charge is 0.467 e. The summed E-state index contributed by atoms with van der Waals surface area (Å²) in [6, 6.07) is 23.0. The monoisotopic (exact) mass is 444 g/mol. The predicted molar refractivity (Wildman–Crippen MR) is 127 cm³/mol. The Bertz CT molecular complexity index is 1170. The topological polar surface area (TPSA) is 72.5 Å². The van der Waals surface area contributed by atoms with E-state index in [0.717, 1.165) is 16.8 Å². The lowest BCUT2D eigenvalue weighted by atomic mass is 10.1. The van der Waals surface area contributed by atoms with E-state index in [1.807, 2.05) is 93.7 Å². The number of furan rings is 1. The van der Waals surface area contributed by atoms with Gasteiger partial charge in [-0.1, -0.05) is 48.5 Å². The molecular formula is C26H28N4O3. The molecule has 2 amide bonds. The maximum atomic E-state index is 13.1. The number of carbonyl (C=O) groups is 1. The molecule has 0 atom stereocenters. The number of hydrogen-bond acceptors (Lipinski definition) is 4. The quantitative estimate of drug-likeness (QED) is 0.384. The third-order valence-electron chi connectivity index (χ3n) is 5.07. The number of aryl methyl sites for hydroxylation is 1. The maximum absolute atomic E-state index is 13.1. The molecule has 0 saturated heterocycles. The maximum Gasteiger partial charge on any atom is 0.318 e. The van der Waals surface area contributed by atoms with Crippen molar-refractivity contribution in [2.24, 2.45) is 7.05 Å². The van der Waals surface area contributed by atoms with E-state index in [2.05, 4.69) is 5.32 Å². The van der Waals surface area contributed by atoms with Crippen molar-refractivity contribution in [2.45, 2.75) is 33.0 Å². The molecular weight excluding hydrogens is 416 g/mol. The molecule has 4 aromatic rings. The first-order valence-corrected chi connectivity index (χ1v) is 10.9. The molecule has 0 spiro atoms. The van der Waals surface area contributed by atoms with Crippen LogP contribution in [0.5, 0.6) is 11.6 Å². The van der Waals surface area contributed by atoms with Crippen LogP contribution in [0.3, 0.4) is 0 Å². The van der Waals surface area contributed by atoms with Crippen LogP contribution in [0.15, 0.2) is 83.5 Å². The molecule has 2 heterocycles. The van der Waals surface area contributed by atoms with Crippen molar-refractivity contribution in [3.63, 3.8) is 0 Å². The highest BCUT2D eigenvalue weighted by Crippen LogP contribution is 2.34. The van der Waals surface area contributed by atoms with Gasteiger partial charge in [-0.25, -0.2) is 9.48 Å². The Kier molecular flexibility index (Phi) is 6.78. The van der Waals surface area contributed by atoms with Crippen molar-refractivity contribution in [3.8, 4) is 22.9 Å². The molecule has 7 heteroatoms. The average molecular weight is 445 g/mol. The molecule has 4 rings (SSSR count). The second kappa shape index (κ2) is 10.1. The van der Waals surface area contributed by atoms with Crippen LogP contribution in [0, 0.1) is 0 Å².